The van der Waals surface area contributed by atoms with Crippen LogP contribution in [0.1, 0.15) is 27.2 Å². The molecule has 0 aliphatic carbocycles. The number of amides is 1. The zero-order chi connectivity index (χ0) is 18.4. The Kier molecular flexibility index (Phi) is 5.87. The Bertz CT molecular complexity index is 895. The van der Waals surface area contributed by atoms with Crippen molar-refractivity contribution in [1.29, 1.82) is 0 Å². The van der Waals surface area contributed by atoms with Crippen molar-refractivity contribution in [3.8, 4) is 5.75 Å². The molecule has 2 aromatic carbocycles. The molecule has 0 fully saturated rings. The number of pyridine rings is 1. The van der Waals surface area contributed by atoms with Crippen molar-refractivity contribution in [2.24, 2.45) is 0 Å². The van der Waals surface area contributed by atoms with Gasteiger partial charge in [-0.2, -0.15) is 0 Å². The van der Waals surface area contributed by atoms with Crippen molar-refractivity contribution in [3.05, 3.63) is 94.3 Å². The lowest BCUT2D eigenvalue weighted by atomic mass is 10.2. The number of hydrogen-bond donors (Lipinski definition) is 1. The maximum Gasteiger partial charge on any atom is 0.251 e. The highest BCUT2D eigenvalue weighted by molar-refractivity contribution is 6.30. The van der Waals surface area contributed by atoms with Gasteiger partial charge in [0.15, 0.2) is 0 Å². The van der Waals surface area contributed by atoms with Gasteiger partial charge < -0.3 is 10.1 Å². The number of halogens is 1. The van der Waals surface area contributed by atoms with Crippen LogP contribution >= 0.6 is 11.6 Å². The van der Waals surface area contributed by atoms with Gasteiger partial charge in [-0.15, -0.1) is 0 Å². The molecule has 1 heterocycles. The average Bonchev–Trinajstić information content (AvgIpc) is 2.66. The summed E-state index contributed by atoms with van der Waals surface area (Å²) in [6, 6.07) is 18.5. The van der Waals surface area contributed by atoms with Crippen LogP contribution in [0.3, 0.4) is 0 Å². The van der Waals surface area contributed by atoms with E-state index in [1.807, 2.05) is 49.4 Å². The minimum absolute atomic E-state index is 0.154. The third-order valence-corrected chi connectivity index (χ3v) is 4.05. The first-order chi connectivity index (χ1) is 12.6. The Labute approximate surface area is 157 Å². The zero-order valence-electron chi connectivity index (χ0n) is 14.4. The number of nitrogens with one attached hydrogen (secondary N) is 1. The summed E-state index contributed by atoms with van der Waals surface area (Å²) in [5.41, 5.74) is 3.43. The number of carbonyl (C=O) groups excluding carboxylic acids is 1. The van der Waals surface area contributed by atoms with Gasteiger partial charge >= 0.3 is 0 Å². The minimum Gasteiger partial charge on any atom is -0.489 e. The van der Waals surface area contributed by atoms with Crippen LogP contribution in [0.25, 0.3) is 0 Å². The first-order valence-corrected chi connectivity index (χ1v) is 8.65. The van der Waals surface area contributed by atoms with E-state index < -0.39 is 0 Å². The van der Waals surface area contributed by atoms with E-state index in [4.69, 9.17) is 16.3 Å². The number of nitrogens with zero attached hydrogens (tertiary/aromatic N) is 1. The second-order valence-corrected chi connectivity index (χ2v) is 6.37. The van der Waals surface area contributed by atoms with Crippen molar-refractivity contribution in [3.63, 3.8) is 0 Å². The third-order valence-electron chi connectivity index (χ3n) is 3.82. The first kappa shape index (κ1) is 18.0. The number of carbonyl (C=O) groups is 1. The number of benzene rings is 2. The Morgan fingerprint density at radius 1 is 1.08 bits per heavy atom. The van der Waals surface area contributed by atoms with Gasteiger partial charge in [-0.3, -0.25) is 9.78 Å². The lowest BCUT2D eigenvalue weighted by Gasteiger charge is -2.09. The van der Waals surface area contributed by atoms with E-state index in [1.54, 1.807) is 24.4 Å². The molecule has 3 rings (SSSR count). The SMILES string of the molecule is Cc1ccc(CNC(=O)c2cccc(OCc3cccc(Cl)c3)c2)cn1. The van der Waals surface area contributed by atoms with Crippen LogP contribution in [0.15, 0.2) is 66.9 Å². The first-order valence-electron chi connectivity index (χ1n) is 8.27. The summed E-state index contributed by atoms with van der Waals surface area (Å²) >= 11 is 5.97. The van der Waals surface area contributed by atoms with Gasteiger partial charge in [0, 0.05) is 29.0 Å². The van der Waals surface area contributed by atoms with Crippen LogP contribution < -0.4 is 10.1 Å². The molecule has 5 heteroatoms. The van der Waals surface area contributed by atoms with E-state index in [0.29, 0.717) is 29.5 Å². The molecule has 132 valence electrons. The average molecular weight is 367 g/mol. The molecule has 26 heavy (non-hydrogen) atoms. The van der Waals surface area contributed by atoms with Crippen molar-refractivity contribution in [1.82, 2.24) is 10.3 Å². The standard InChI is InChI=1S/C21H19ClN2O2/c1-15-8-9-17(12-23-15)13-24-21(25)18-5-3-7-20(11-18)26-14-16-4-2-6-19(22)10-16/h2-12H,13-14H2,1H3,(H,24,25). The van der Waals surface area contributed by atoms with Crippen LogP contribution in [0.2, 0.25) is 5.02 Å². The van der Waals surface area contributed by atoms with Crippen molar-refractivity contribution in [2.45, 2.75) is 20.1 Å². The predicted molar refractivity (Wildman–Crippen MR) is 102 cm³/mol. The largest absolute Gasteiger partial charge is 0.489 e. The Hall–Kier alpha value is -2.85. The van der Waals surface area contributed by atoms with Gasteiger partial charge in [0.2, 0.25) is 0 Å². The van der Waals surface area contributed by atoms with E-state index in [2.05, 4.69) is 10.3 Å². The molecule has 0 bridgehead atoms. The molecule has 0 saturated carbocycles. The minimum atomic E-state index is -0.154. The number of rotatable bonds is 6. The monoisotopic (exact) mass is 366 g/mol. The molecular weight excluding hydrogens is 348 g/mol. The lowest BCUT2D eigenvalue weighted by molar-refractivity contribution is 0.0950. The number of ether oxygens (including phenoxy) is 1. The summed E-state index contributed by atoms with van der Waals surface area (Å²) in [6.07, 6.45) is 1.76. The Morgan fingerprint density at radius 3 is 2.69 bits per heavy atom. The molecule has 0 spiro atoms. The van der Waals surface area contributed by atoms with Gasteiger partial charge in [-0.05, 0) is 54.4 Å². The van der Waals surface area contributed by atoms with E-state index >= 15 is 0 Å². The van der Waals surface area contributed by atoms with Gasteiger partial charge in [-0.1, -0.05) is 35.9 Å². The molecule has 0 saturated heterocycles. The van der Waals surface area contributed by atoms with Crippen molar-refractivity contribution in [2.75, 3.05) is 0 Å². The summed E-state index contributed by atoms with van der Waals surface area (Å²) in [4.78, 5) is 16.6. The summed E-state index contributed by atoms with van der Waals surface area (Å²) in [6.45, 7) is 2.75. The Balaban J connectivity index is 1.59. The van der Waals surface area contributed by atoms with Gasteiger partial charge in [0.1, 0.15) is 12.4 Å². The summed E-state index contributed by atoms with van der Waals surface area (Å²) in [5.74, 6) is 0.480. The molecular formula is C21H19ClN2O2. The molecule has 0 unspecified atom stereocenters. The third kappa shape index (κ3) is 5.07. The van der Waals surface area contributed by atoms with E-state index in [-0.39, 0.29) is 5.91 Å². The van der Waals surface area contributed by atoms with Crippen molar-refractivity contribution >= 4 is 17.5 Å². The number of aromatic nitrogens is 1. The maximum atomic E-state index is 12.4. The lowest BCUT2D eigenvalue weighted by Crippen LogP contribution is -2.22. The van der Waals surface area contributed by atoms with Gasteiger partial charge in [0.05, 0.1) is 0 Å². The summed E-state index contributed by atoms with van der Waals surface area (Å²) in [5, 5.41) is 3.56. The number of hydrogen-bond acceptors (Lipinski definition) is 3. The van der Waals surface area contributed by atoms with Crippen molar-refractivity contribution < 1.29 is 9.53 Å². The fourth-order valence-electron chi connectivity index (χ4n) is 2.41. The second-order valence-electron chi connectivity index (χ2n) is 5.94. The molecule has 3 aromatic rings. The van der Waals surface area contributed by atoms with Crippen LogP contribution in [-0.4, -0.2) is 10.9 Å². The summed E-state index contributed by atoms with van der Waals surface area (Å²) in [7, 11) is 0. The van der Waals surface area contributed by atoms with E-state index in [0.717, 1.165) is 16.8 Å². The van der Waals surface area contributed by atoms with Gasteiger partial charge in [0.25, 0.3) is 5.91 Å². The molecule has 0 radical (unpaired) electrons. The predicted octanol–water partition coefficient (Wildman–Crippen LogP) is 4.55. The molecule has 4 nitrogen and oxygen atoms in total. The smallest absolute Gasteiger partial charge is 0.251 e. The molecule has 1 amide bonds. The fourth-order valence-corrected chi connectivity index (χ4v) is 2.62. The van der Waals surface area contributed by atoms with E-state index in [1.165, 1.54) is 0 Å². The van der Waals surface area contributed by atoms with Gasteiger partial charge in [-0.25, -0.2) is 0 Å². The second kappa shape index (κ2) is 8.50. The van der Waals surface area contributed by atoms with Crippen LogP contribution in [0, 0.1) is 6.92 Å². The molecule has 1 N–H and O–H groups in total. The molecule has 0 aliphatic rings. The fraction of sp³-hybridized carbons (Fsp3) is 0.143. The Morgan fingerprint density at radius 2 is 1.92 bits per heavy atom. The van der Waals surface area contributed by atoms with E-state index in [9.17, 15) is 4.79 Å². The highest BCUT2D eigenvalue weighted by atomic mass is 35.5. The van der Waals surface area contributed by atoms with Crippen LogP contribution in [0.4, 0.5) is 0 Å². The quantitative estimate of drug-likeness (QED) is 0.696. The van der Waals surface area contributed by atoms with Crippen LogP contribution in [-0.2, 0) is 13.2 Å². The summed E-state index contributed by atoms with van der Waals surface area (Å²) < 4.78 is 5.77. The molecule has 1 aromatic heterocycles. The number of aryl methyl sites for hydroxylation is 1. The zero-order valence-corrected chi connectivity index (χ0v) is 15.2. The molecule has 0 aliphatic heterocycles. The topological polar surface area (TPSA) is 51.2 Å². The highest BCUT2D eigenvalue weighted by Gasteiger charge is 2.07. The van der Waals surface area contributed by atoms with Crippen LogP contribution in [0.5, 0.6) is 5.75 Å². The highest BCUT2D eigenvalue weighted by Crippen LogP contribution is 2.17. The molecule has 0 atom stereocenters. The normalized spacial score (nSPS) is 10.4. The maximum absolute atomic E-state index is 12.4.